The van der Waals surface area contributed by atoms with Gasteiger partial charge in [-0.3, -0.25) is 9.69 Å². The van der Waals surface area contributed by atoms with Gasteiger partial charge >= 0.3 is 0 Å². The molecule has 2 aromatic rings. The molecule has 0 saturated carbocycles. The Morgan fingerprint density at radius 1 is 1.13 bits per heavy atom. The van der Waals surface area contributed by atoms with Crippen LogP contribution < -0.4 is 9.64 Å². The number of para-hydroxylation sites is 1. The molecule has 4 heteroatoms. The summed E-state index contributed by atoms with van der Waals surface area (Å²) in [6.45, 7) is 4.73. The molecule has 0 aromatic heterocycles. The molecule has 0 bridgehead atoms. The van der Waals surface area contributed by atoms with Crippen LogP contribution in [0.4, 0.5) is 5.69 Å². The van der Waals surface area contributed by atoms with E-state index in [2.05, 4.69) is 25.1 Å². The van der Waals surface area contributed by atoms with Gasteiger partial charge < -0.3 is 4.74 Å². The fourth-order valence-corrected chi connectivity index (χ4v) is 4.00. The number of rotatable bonds is 5. The number of aryl methyl sites for hydroxylation is 1. The van der Waals surface area contributed by atoms with Crippen molar-refractivity contribution < 1.29 is 9.53 Å². The third-order valence-electron chi connectivity index (χ3n) is 3.98. The zero-order valence-corrected chi connectivity index (χ0v) is 14.3. The van der Waals surface area contributed by atoms with Gasteiger partial charge in [-0.2, -0.15) is 0 Å². The highest BCUT2D eigenvalue weighted by Crippen LogP contribution is 2.44. The second-order valence-electron chi connectivity index (χ2n) is 5.42. The van der Waals surface area contributed by atoms with Gasteiger partial charge in [0.1, 0.15) is 11.1 Å². The standard InChI is InChI=1S/C19H21NO2S/c1-3-14-9-11-15(12-10-14)20-18(21)13-23-19(20)16-7-5-6-8-17(16)22-4-2/h5-12,19H,3-4,13H2,1-2H3/t19-/m0/s1. The fourth-order valence-electron chi connectivity index (χ4n) is 2.80. The van der Waals surface area contributed by atoms with E-state index in [-0.39, 0.29) is 11.3 Å². The van der Waals surface area contributed by atoms with Gasteiger partial charge in [0.25, 0.3) is 0 Å². The number of amides is 1. The minimum absolute atomic E-state index is 0.0299. The molecule has 0 N–H and O–H groups in total. The van der Waals surface area contributed by atoms with Crippen LogP contribution >= 0.6 is 11.8 Å². The van der Waals surface area contributed by atoms with Crippen LogP contribution in [0, 0.1) is 0 Å². The molecule has 120 valence electrons. The smallest absolute Gasteiger partial charge is 0.238 e. The van der Waals surface area contributed by atoms with Gasteiger partial charge in [-0.05, 0) is 37.1 Å². The Morgan fingerprint density at radius 2 is 1.87 bits per heavy atom. The van der Waals surface area contributed by atoms with Crippen molar-refractivity contribution in [3.8, 4) is 5.75 Å². The quantitative estimate of drug-likeness (QED) is 0.814. The maximum absolute atomic E-state index is 12.4. The molecule has 1 heterocycles. The lowest BCUT2D eigenvalue weighted by molar-refractivity contribution is -0.115. The Hall–Kier alpha value is -1.94. The first kappa shape index (κ1) is 15.9. The van der Waals surface area contributed by atoms with E-state index in [1.807, 2.05) is 42.2 Å². The van der Waals surface area contributed by atoms with Crippen molar-refractivity contribution in [1.82, 2.24) is 0 Å². The molecule has 3 nitrogen and oxygen atoms in total. The number of nitrogens with zero attached hydrogens (tertiary/aromatic N) is 1. The van der Waals surface area contributed by atoms with E-state index in [1.165, 1.54) is 5.56 Å². The topological polar surface area (TPSA) is 29.5 Å². The lowest BCUT2D eigenvalue weighted by Crippen LogP contribution is -2.28. The number of benzene rings is 2. The molecule has 23 heavy (non-hydrogen) atoms. The Kier molecular flexibility index (Phi) is 4.91. The van der Waals surface area contributed by atoms with E-state index in [1.54, 1.807) is 11.8 Å². The number of hydrogen-bond donors (Lipinski definition) is 0. The number of ether oxygens (including phenoxy) is 1. The largest absolute Gasteiger partial charge is 0.493 e. The molecular formula is C19H21NO2S. The summed E-state index contributed by atoms with van der Waals surface area (Å²) in [6, 6.07) is 16.3. The van der Waals surface area contributed by atoms with Crippen LogP contribution in [0.25, 0.3) is 0 Å². The van der Waals surface area contributed by atoms with Crippen LogP contribution in [0.5, 0.6) is 5.75 Å². The van der Waals surface area contributed by atoms with Crippen LogP contribution in [0.1, 0.15) is 30.3 Å². The van der Waals surface area contributed by atoms with Crippen molar-refractivity contribution in [2.45, 2.75) is 25.6 Å². The number of carbonyl (C=O) groups is 1. The van der Waals surface area contributed by atoms with E-state index < -0.39 is 0 Å². The van der Waals surface area contributed by atoms with Gasteiger partial charge in [-0.1, -0.05) is 37.3 Å². The second-order valence-corrected chi connectivity index (χ2v) is 6.49. The Balaban J connectivity index is 1.96. The molecule has 1 atom stereocenters. The van der Waals surface area contributed by atoms with Crippen LogP contribution in [0.3, 0.4) is 0 Å². The highest BCUT2D eigenvalue weighted by molar-refractivity contribution is 8.00. The van der Waals surface area contributed by atoms with Crippen molar-refractivity contribution in [2.75, 3.05) is 17.3 Å². The molecule has 0 spiro atoms. The molecule has 1 fully saturated rings. The van der Waals surface area contributed by atoms with Gasteiger partial charge in [0, 0.05) is 11.3 Å². The maximum Gasteiger partial charge on any atom is 0.238 e. The lowest BCUT2D eigenvalue weighted by Gasteiger charge is -2.26. The van der Waals surface area contributed by atoms with Crippen LogP contribution in [-0.4, -0.2) is 18.3 Å². The zero-order chi connectivity index (χ0) is 16.2. The molecule has 0 radical (unpaired) electrons. The third kappa shape index (κ3) is 3.22. The zero-order valence-electron chi connectivity index (χ0n) is 13.5. The molecule has 0 unspecified atom stereocenters. The van der Waals surface area contributed by atoms with Gasteiger partial charge in [0.05, 0.1) is 12.4 Å². The number of carbonyl (C=O) groups excluding carboxylic acids is 1. The monoisotopic (exact) mass is 327 g/mol. The average Bonchev–Trinajstić information content (AvgIpc) is 2.97. The van der Waals surface area contributed by atoms with Gasteiger partial charge in [0.15, 0.2) is 0 Å². The molecule has 1 aliphatic rings. The first-order valence-corrected chi connectivity index (χ1v) is 9.03. The van der Waals surface area contributed by atoms with E-state index >= 15 is 0 Å². The molecule has 2 aromatic carbocycles. The Bertz CT molecular complexity index is 684. The summed E-state index contributed by atoms with van der Waals surface area (Å²) < 4.78 is 5.75. The van der Waals surface area contributed by atoms with Crippen LogP contribution in [-0.2, 0) is 11.2 Å². The van der Waals surface area contributed by atoms with E-state index in [0.29, 0.717) is 12.4 Å². The minimum atomic E-state index is -0.0299. The first-order chi connectivity index (χ1) is 11.2. The Labute approximate surface area is 141 Å². The minimum Gasteiger partial charge on any atom is -0.493 e. The SMILES string of the molecule is CCOc1ccccc1[C@@H]1SCC(=O)N1c1ccc(CC)cc1. The van der Waals surface area contributed by atoms with Crippen LogP contribution in [0.2, 0.25) is 0 Å². The summed E-state index contributed by atoms with van der Waals surface area (Å²) in [6.07, 6.45) is 1.000. The van der Waals surface area contributed by atoms with Gasteiger partial charge in [-0.15, -0.1) is 11.8 Å². The molecule has 0 aliphatic carbocycles. The van der Waals surface area contributed by atoms with Crippen molar-refractivity contribution in [2.24, 2.45) is 0 Å². The summed E-state index contributed by atoms with van der Waals surface area (Å²) in [5, 5.41) is -0.0299. The molecule has 1 aliphatic heterocycles. The van der Waals surface area contributed by atoms with Crippen LogP contribution in [0.15, 0.2) is 48.5 Å². The predicted molar refractivity (Wildman–Crippen MR) is 96.1 cm³/mol. The second kappa shape index (κ2) is 7.09. The van der Waals surface area contributed by atoms with E-state index in [4.69, 9.17) is 4.74 Å². The number of hydrogen-bond acceptors (Lipinski definition) is 3. The van der Waals surface area contributed by atoms with E-state index in [0.717, 1.165) is 23.4 Å². The van der Waals surface area contributed by atoms with Crippen molar-refractivity contribution in [1.29, 1.82) is 0 Å². The van der Waals surface area contributed by atoms with Crippen molar-refractivity contribution in [3.05, 3.63) is 59.7 Å². The average molecular weight is 327 g/mol. The highest BCUT2D eigenvalue weighted by atomic mass is 32.2. The first-order valence-electron chi connectivity index (χ1n) is 7.99. The summed E-state index contributed by atoms with van der Waals surface area (Å²) in [4.78, 5) is 14.3. The molecular weight excluding hydrogens is 306 g/mol. The third-order valence-corrected chi connectivity index (χ3v) is 5.17. The maximum atomic E-state index is 12.4. The normalized spacial score (nSPS) is 17.6. The summed E-state index contributed by atoms with van der Waals surface area (Å²) in [7, 11) is 0. The van der Waals surface area contributed by atoms with Gasteiger partial charge in [-0.25, -0.2) is 0 Å². The van der Waals surface area contributed by atoms with Crippen molar-refractivity contribution >= 4 is 23.4 Å². The lowest BCUT2D eigenvalue weighted by atomic mass is 10.1. The predicted octanol–water partition coefficient (Wildman–Crippen LogP) is 4.43. The molecule has 1 saturated heterocycles. The molecule has 3 rings (SSSR count). The fraction of sp³-hybridized carbons (Fsp3) is 0.316. The van der Waals surface area contributed by atoms with Crippen molar-refractivity contribution in [3.63, 3.8) is 0 Å². The highest BCUT2D eigenvalue weighted by Gasteiger charge is 2.35. The summed E-state index contributed by atoms with van der Waals surface area (Å²) >= 11 is 1.65. The Morgan fingerprint density at radius 3 is 2.57 bits per heavy atom. The summed E-state index contributed by atoms with van der Waals surface area (Å²) in [5.41, 5.74) is 3.29. The number of anilines is 1. The number of thioether (sulfide) groups is 1. The van der Waals surface area contributed by atoms with Gasteiger partial charge in [0.2, 0.25) is 5.91 Å². The van der Waals surface area contributed by atoms with E-state index in [9.17, 15) is 4.79 Å². The summed E-state index contributed by atoms with van der Waals surface area (Å²) in [5.74, 6) is 1.51. The molecule has 1 amide bonds.